The van der Waals surface area contributed by atoms with Gasteiger partial charge in [0.2, 0.25) is 0 Å². The first-order chi connectivity index (χ1) is 7.27. The monoisotopic (exact) mass is 222 g/mol. The van der Waals surface area contributed by atoms with Crippen LogP contribution in [0.3, 0.4) is 0 Å². The second kappa shape index (κ2) is 4.31. The third kappa shape index (κ3) is 2.27. The van der Waals surface area contributed by atoms with Gasteiger partial charge in [-0.05, 0) is 19.1 Å². The second-order valence-electron chi connectivity index (χ2n) is 2.98. The van der Waals surface area contributed by atoms with E-state index in [1.165, 1.54) is 11.8 Å². The van der Waals surface area contributed by atoms with Crippen molar-refractivity contribution in [3.8, 4) is 0 Å². The largest absolute Gasteiger partial charge is 0.397 e. The summed E-state index contributed by atoms with van der Waals surface area (Å²) >= 11 is 1.52. The molecule has 2 aromatic rings. The number of nitrogens with zero attached hydrogens (tertiary/aromatic N) is 3. The molecular formula is C9H10N4OS. The highest BCUT2D eigenvalue weighted by Crippen LogP contribution is 2.25. The molecule has 2 heterocycles. The van der Waals surface area contributed by atoms with Crippen LogP contribution in [-0.2, 0) is 5.75 Å². The number of hydrogen-bond acceptors (Lipinski definition) is 6. The number of aromatic nitrogens is 3. The Kier molecular flexibility index (Phi) is 2.86. The van der Waals surface area contributed by atoms with E-state index in [1.54, 1.807) is 6.20 Å². The van der Waals surface area contributed by atoms with Gasteiger partial charge in [0.15, 0.2) is 0 Å². The predicted molar refractivity (Wildman–Crippen MR) is 57.2 cm³/mol. The van der Waals surface area contributed by atoms with Gasteiger partial charge in [-0.25, -0.2) is 9.61 Å². The summed E-state index contributed by atoms with van der Waals surface area (Å²) in [6.07, 6.45) is 1.71. The number of nitrogen functional groups attached to an aromatic ring is 1. The van der Waals surface area contributed by atoms with Crippen LogP contribution in [0.1, 0.15) is 11.4 Å². The molecule has 78 valence electrons. The molecule has 0 fully saturated rings. The zero-order chi connectivity index (χ0) is 10.7. The Hall–Kier alpha value is -1.56. The van der Waals surface area contributed by atoms with Crippen molar-refractivity contribution < 1.29 is 4.63 Å². The molecule has 0 saturated carbocycles. The van der Waals surface area contributed by atoms with Crippen molar-refractivity contribution in [2.24, 2.45) is 0 Å². The third-order valence-electron chi connectivity index (χ3n) is 1.89. The fourth-order valence-corrected chi connectivity index (χ4v) is 1.95. The molecule has 2 N–H and O–H groups in total. The highest BCUT2D eigenvalue weighted by Gasteiger charge is 2.07. The number of thioether (sulfide) groups is 1. The Morgan fingerprint density at radius 2 is 2.33 bits per heavy atom. The summed E-state index contributed by atoms with van der Waals surface area (Å²) in [5.74, 6) is 0.663. The van der Waals surface area contributed by atoms with Gasteiger partial charge in [0, 0.05) is 11.9 Å². The highest BCUT2D eigenvalue weighted by atomic mass is 32.2. The first kappa shape index (κ1) is 9.97. The number of pyridine rings is 1. The van der Waals surface area contributed by atoms with E-state index in [4.69, 9.17) is 5.73 Å². The van der Waals surface area contributed by atoms with Crippen molar-refractivity contribution in [2.45, 2.75) is 17.7 Å². The van der Waals surface area contributed by atoms with Crippen LogP contribution in [0.2, 0.25) is 0 Å². The molecule has 15 heavy (non-hydrogen) atoms. The van der Waals surface area contributed by atoms with Gasteiger partial charge in [0.25, 0.3) is 0 Å². The summed E-state index contributed by atoms with van der Waals surface area (Å²) in [4.78, 5) is 4.17. The quantitative estimate of drug-likeness (QED) is 0.795. The summed E-state index contributed by atoms with van der Waals surface area (Å²) in [7, 11) is 0. The molecule has 0 aromatic carbocycles. The fourth-order valence-electron chi connectivity index (χ4n) is 1.04. The van der Waals surface area contributed by atoms with Crippen LogP contribution in [0.5, 0.6) is 0 Å². The number of hydrogen-bond donors (Lipinski definition) is 1. The van der Waals surface area contributed by atoms with E-state index in [2.05, 4.69) is 19.9 Å². The summed E-state index contributed by atoms with van der Waals surface area (Å²) in [5, 5.41) is 8.29. The lowest BCUT2D eigenvalue weighted by atomic mass is 10.4. The maximum Gasteiger partial charge on any atom is 0.119 e. The molecule has 6 heteroatoms. The van der Waals surface area contributed by atoms with Crippen molar-refractivity contribution in [3.63, 3.8) is 0 Å². The Labute approximate surface area is 91.0 Å². The van der Waals surface area contributed by atoms with Crippen LogP contribution in [0.4, 0.5) is 5.69 Å². The summed E-state index contributed by atoms with van der Waals surface area (Å²) < 4.78 is 4.60. The molecule has 0 aliphatic carbocycles. The van der Waals surface area contributed by atoms with Crippen molar-refractivity contribution in [3.05, 3.63) is 29.7 Å². The molecule has 2 rings (SSSR count). The summed E-state index contributed by atoms with van der Waals surface area (Å²) in [6.45, 7) is 1.86. The fraction of sp³-hybridized carbons (Fsp3) is 0.222. The molecule has 2 aromatic heterocycles. The van der Waals surface area contributed by atoms with Gasteiger partial charge in [-0.1, -0.05) is 22.1 Å². The number of nitrogens with two attached hydrogens (primary N) is 1. The Balaban J connectivity index is 2.06. The average Bonchev–Trinajstić information content (AvgIpc) is 2.63. The maximum atomic E-state index is 5.76. The van der Waals surface area contributed by atoms with Crippen LogP contribution in [0, 0.1) is 6.92 Å². The van der Waals surface area contributed by atoms with Gasteiger partial charge in [-0.3, -0.25) is 0 Å². The molecule has 0 bridgehead atoms. The van der Waals surface area contributed by atoms with Crippen molar-refractivity contribution in [1.82, 2.24) is 15.3 Å². The standard InChI is InChI=1S/C9H10N4OS/c1-6-8(13-14-12-6)5-15-9-7(10)3-2-4-11-9/h2-4H,5,10H2,1H3. The zero-order valence-electron chi connectivity index (χ0n) is 8.17. The predicted octanol–water partition coefficient (Wildman–Crippen LogP) is 1.65. The lowest BCUT2D eigenvalue weighted by Crippen LogP contribution is -1.92. The molecule has 0 atom stereocenters. The molecule has 0 spiro atoms. The van der Waals surface area contributed by atoms with Gasteiger partial charge >= 0.3 is 0 Å². The maximum absolute atomic E-state index is 5.76. The van der Waals surface area contributed by atoms with Crippen molar-refractivity contribution >= 4 is 17.4 Å². The number of aryl methyl sites for hydroxylation is 1. The van der Waals surface area contributed by atoms with Crippen LogP contribution in [0.15, 0.2) is 28.0 Å². The van der Waals surface area contributed by atoms with Crippen molar-refractivity contribution in [2.75, 3.05) is 5.73 Å². The number of anilines is 1. The third-order valence-corrected chi connectivity index (χ3v) is 2.92. The van der Waals surface area contributed by atoms with E-state index in [0.717, 1.165) is 16.4 Å². The smallest absolute Gasteiger partial charge is 0.119 e. The molecule has 0 aliphatic rings. The average molecular weight is 222 g/mol. The van der Waals surface area contributed by atoms with Crippen molar-refractivity contribution in [1.29, 1.82) is 0 Å². The van der Waals surface area contributed by atoms with Crippen LogP contribution < -0.4 is 5.73 Å². The minimum Gasteiger partial charge on any atom is -0.397 e. The van der Waals surface area contributed by atoms with E-state index in [1.807, 2.05) is 19.1 Å². The topological polar surface area (TPSA) is 77.8 Å². The van der Waals surface area contributed by atoms with Gasteiger partial charge in [0.05, 0.1) is 5.69 Å². The lowest BCUT2D eigenvalue weighted by molar-refractivity contribution is 0.302. The summed E-state index contributed by atoms with van der Waals surface area (Å²) in [5.41, 5.74) is 8.06. The lowest BCUT2D eigenvalue weighted by Gasteiger charge is -2.01. The van der Waals surface area contributed by atoms with Gasteiger partial charge < -0.3 is 5.73 Å². The molecule has 0 radical (unpaired) electrons. The molecule has 0 amide bonds. The van der Waals surface area contributed by atoms with E-state index in [9.17, 15) is 0 Å². The second-order valence-corrected chi connectivity index (χ2v) is 3.95. The Morgan fingerprint density at radius 1 is 1.47 bits per heavy atom. The molecule has 0 saturated heterocycles. The van der Waals surface area contributed by atoms with E-state index in [0.29, 0.717) is 11.4 Å². The zero-order valence-corrected chi connectivity index (χ0v) is 8.99. The minimum atomic E-state index is 0.663. The first-order valence-corrected chi connectivity index (χ1v) is 5.37. The molecule has 0 unspecified atom stereocenters. The molecular weight excluding hydrogens is 212 g/mol. The van der Waals surface area contributed by atoms with Gasteiger partial charge in [-0.2, -0.15) is 0 Å². The van der Waals surface area contributed by atoms with Crippen LogP contribution in [-0.4, -0.2) is 15.3 Å². The molecule has 0 aliphatic heterocycles. The number of rotatable bonds is 3. The Morgan fingerprint density at radius 3 is 3.00 bits per heavy atom. The summed E-state index contributed by atoms with van der Waals surface area (Å²) in [6, 6.07) is 3.63. The minimum absolute atomic E-state index is 0.663. The van der Waals surface area contributed by atoms with E-state index < -0.39 is 0 Å². The first-order valence-electron chi connectivity index (χ1n) is 4.38. The van der Waals surface area contributed by atoms with Crippen LogP contribution in [0.25, 0.3) is 0 Å². The van der Waals surface area contributed by atoms with E-state index in [-0.39, 0.29) is 0 Å². The highest BCUT2D eigenvalue weighted by molar-refractivity contribution is 7.98. The normalized spacial score (nSPS) is 10.5. The van der Waals surface area contributed by atoms with Gasteiger partial charge in [-0.15, -0.1) is 0 Å². The van der Waals surface area contributed by atoms with Gasteiger partial charge in [0.1, 0.15) is 16.4 Å². The Bertz CT molecular complexity index is 457. The molecule has 5 nitrogen and oxygen atoms in total. The van der Waals surface area contributed by atoms with Crippen LogP contribution >= 0.6 is 11.8 Å². The SMILES string of the molecule is Cc1nonc1CSc1ncccc1N. The van der Waals surface area contributed by atoms with E-state index >= 15 is 0 Å².